The molecule has 1 aliphatic heterocycles. The van der Waals surface area contributed by atoms with Crippen molar-refractivity contribution in [2.24, 2.45) is 0 Å². The topological polar surface area (TPSA) is 46.2 Å². The maximum Gasteiger partial charge on any atom is 0.224 e. The number of nitrogens with one attached hydrogen (secondary N) is 1. The molecule has 0 saturated carbocycles. The van der Waals surface area contributed by atoms with Crippen LogP contribution < -0.4 is 5.32 Å². The molecule has 102 valence electrons. The molecular formula is C15H19NO2S. The van der Waals surface area contributed by atoms with Gasteiger partial charge in [-0.25, -0.2) is 0 Å². The van der Waals surface area contributed by atoms with E-state index in [2.05, 4.69) is 12.2 Å². The summed E-state index contributed by atoms with van der Waals surface area (Å²) in [5, 5.41) is 2.83. The monoisotopic (exact) mass is 277 g/mol. The highest BCUT2D eigenvalue weighted by Gasteiger charge is 2.16. The summed E-state index contributed by atoms with van der Waals surface area (Å²) in [5.74, 6) is 1.83. The van der Waals surface area contributed by atoms with E-state index < -0.39 is 0 Å². The summed E-state index contributed by atoms with van der Waals surface area (Å²) in [7, 11) is 0. The third-order valence-electron chi connectivity index (χ3n) is 3.20. The van der Waals surface area contributed by atoms with Gasteiger partial charge in [0.2, 0.25) is 5.91 Å². The van der Waals surface area contributed by atoms with Crippen LogP contribution >= 0.6 is 11.8 Å². The molecule has 1 heterocycles. The minimum atomic E-state index is 0.0571. The highest BCUT2D eigenvalue weighted by atomic mass is 32.2. The number of amides is 1. The Balaban J connectivity index is 1.97. The Morgan fingerprint density at radius 3 is 3.00 bits per heavy atom. The van der Waals surface area contributed by atoms with Crippen LogP contribution in [0, 0.1) is 0 Å². The molecule has 3 nitrogen and oxygen atoms in total. The van der Waals surface area contributed by atoms with Crippen LogP contribution in [0.2, 0.25) is 0 Å². The molecule has 0 radical (unpaired) electrons. The van der Waals surface area contributed by atoms with Gasteiger partial charge >= 0.3 is 0 Å². The molecule has 0 spiro atoms. The van der Waals surface area contributed by atoms with Gasteiger partial charge in [-0.2, -0.15) is 11.8 Å². The van der Waals surface area contributed by atoms with Gasteiger partial charge in [-0.1, -0.05) is 13.3 Å². The largest absolute Gasteiger partial charge is 0.326 e. The number of hydrogen-bond acceptors (Lipinski definition) is 3. The maximum atomic E-state index is 12.0. The van der Waals surface area contributed by atoms with Crippen LogP contribution in [-0.2, 0) is 11.2 Å². The molecule has 0 aliphatic carbocycles. The molecule has 0 fully saturated rings. The minimum Gasteiger partial charge on any atom is -0.326 e. The first-order chi connectivity index (χ1) is 9.20. The van der Waals surface area contributed by atoms with E-state index in [0.717, 1.165) is 35.4 Å². The van der Waals surface area contributed by atoms with Crippen molar-refractivity contribution in [2.45, 2.75) is 32.6 Å². The standard InChI is InChI=1S/C15H19NO2S/c1-2-3-8-19-10-14(17)12-4-6-13-11(9-12)5-7-15(18)16-13/h4,6,9H,2-3,5,7-8,10H2,1H3,(H,16,18). The van der Waals surface area contributed by atoms with Gasteiger partial charge in [-0.15, -0.1) is 0 Å². The molecule has 19 heavy (non-hydrogen) atoms. The molecule has 0 bridgehead atoms. The van der Waals surface area contributed by atoms with Crippen LogP contribution in [0.3, 0.4) is 0 Å². The first-order valence-corrected chi connectivity index (χ1v) is 7.90. The first kappa shape index (κ1) is 14.1. The lowest BCUT2D eigenvalue weighted by Gasteiger charge is -2.17. The first-order valence-electron chi connectivity index (χ1n) is 6.74. The van der Waals surface area contributed by atoms with Crippen molar-refractivity contribution < 1.29 is 9.59 Å². The van der Waals surface area contributed by atoms with E-state index in [1.165, 1.54) is 6.42 Å². The van der Waals surface area contributed by atoms with Crippen molar-refractivity contribution in [1.29, 1.82) is 0 Å². The van der Waals surface area contributed by atoms with Crippen molar-refractivity contribution in [3.8, 4) is 0 Å². The molecule has 0 aromatic heterocycles. The van der Waals surface area contributed by atoms with E-state index in [0.29, 0.717) is 12.2 Å². The predicted molar refractivity (Wildman–Crippen MR) is 80.0 cm³/mol. The molecule has 1 aliphatic rings. The van der Waals surface area contributed by atoms with E-state index >= 15 is 0 Å². The Morgan fingerprint density at radius 2 is 2.21 bits per heavy atom. The molecule has 0 atom stereocenters. The van der Waals surface area contributed by atoms with Gasteiger partial charge in [-0.3, -0.25) is 9.59 Å². The zero-order valence-electron chi connectivity index (χ0n) is 11.2. The van der Waals surface area contributed by atoms with Crippen molar-refractivity contribution in [3.63, 3.8) is 0 Å². The number of ketones is 1. The summed E-state index contributed by atoms with van der Waals surface area (Å²) in [6, 6.07) is 5.58. The van der Waals surface area contributed by atoms with Gasteiger partial charge < -0.3 is 5.32 Å². The smallest absolute Gasteiger partial charge is 0.224 e. The number of anilines is 1. The molecule has 1 aromatic carbocycles. The summed E-state index contributed by atoms with van der Waals surface area (Å²) in [5.41, 5.74) is 2.69. The molecule has 0 unspecified atom stereocenters. The van der Waals surface area contributed by atoms with Crippen LogP contribution in [0.15, 0.2) is 18.2 Å². The number of benzene rings is 1. The number of aryl methyl sites for hydroxylation is 1. The van der Waals surface area contributed by atoms with Crippen molar-refractivity contribution in [2.75, 3.05) is 16.8 Å². The predicted octanol–water partition coefficient (Wildman–Crippen LogP) is 3.29. The number of rotatable bonds is 6. The molecule has 1 aromatic rings. The van der Waals surface area contributed by atoms with E-state index in [1.54, 1.807) is 11.8 Å². The van der Waals surface area contributed by atoms with Crippen LogP contribution in [0.5, 0.6) is 0 Å². The fourth-order valence-corrected chi connectivity index (χ4v) is 3.04. The minimum absolute atomic E-state index is 0.0571. The van der Waals surface area contributed by atoms with E-state index in [-0.39, 0.29) is 11.7 Å². The summed E-state index contributed by atoms with van der Waals surface area (Å²) >= 11 is 1.70. The molecule has 1 N–H and O–H groups in total. The fraction of sp³-hybridized carbons (Fsp3) is 0.467. The number of thioether (sulfide) groups is 1. The SMILES string of the molecule is CCCCSCC(=O)c1ccc2c(c1)CCC(=O)N2. The number of unbranched alkanes of at least 4 members (excludes halogenated alkanes) is 1. The second kappa shape index (κ2) is 6.75. The lowest BCUT2D eigenvalue weighted by Crippen LogP contribution is -2.19. The van der Waals surface area contributed by atoms with Gasteiger partial charge in [0.15, 0.2) is 5.78 Å². The highest BCUT2D eigenvalue weighted by Crippen LogP contribution is 2.24. The van der Waals surface area contributed by atoms with Crippen LogP contribution in [0.25, 0.3) is 0 Å². The maximum absolute atomic E-state index is 12.0. The van der Waals surface area contributed by atoms with Crippen molar-refractivity contribution in [1.82, 2.24) is 0 Å². The van der Waals surface area contributed by atoms with Crippen molar-refractivity contribution in [3.05, 3.63) is 29.3 Å². The quantitative estimate of drug-likeness (QED) is 0.641. The molecule has 4 heteroatoms. The summed E-state index contributed by atoms with van der Waals surface area (Å²) in [6.07, 6.45) is 3.56. The second-order valence-electron chi connectivity index (χ2n) is 4.75. The number of hydrogen-bond donors (Lipinski definition) is 1. The summed E-state index contributed by atoms with van der Waals surface area (Å²) < 4.78 is 0. The van der Waals surface area contributed by atoms with Crippen molar-refractivity contribution >= 4 is 29.1 Å². The number of carbonyl (C=O) groups excluding carboxylic acids is 2. The van der Waals surface area contributed by atoms with E-state index in [1.807, 2.05) is 18.2 Å². The average molecular weight is 277 g/mol. The third kappa shape index (κ3) is 3.83. The lowest BCUT2D eigenvalue weighted by molar-refractivity contribution is -0.116. The Labute approximate surface area is 118 Å². The summed E-state index contributed by atoms with van der Waals surface area (Å²) in [4.78, 5) is 23.3. The second-order valence-corrected chi connectivity index (χ2v) is 5.85. The molecule has 0 saturated heterocycles. The third-order valence-corrected chi connectivity index (χ3v) is 4.24. The van der Waals surface area contributed by atoms with Crippen LogP contribution in [0.1, 0.15) is 42.1 Å². The fourth-order valence-electron chi connectivity index (χ4n) is 2.05. The molecule has 1 amide bonds. The Bertz CT molecular complexity index is 485. The normalized spacial score (nSPS) is 13.8. The van der Waals surface area contributed by atoms with E-state index in [9.17, 15) is 9.59 Å². The number of fused-ring (bicyclic) bond motifs is 1. The Kier molecular flexibility index (Phi) is 5.02. The number of carbonyl (C=O) groups is 2. The Hall–Kier alpha value is -1.29. The number of Topliss-reactive ketones (excluding diaryl/α,β-unsaturated/α-hetero) is 1. The summed E-state index contributed by atoms with van der Waals surface area (Å²) in [6.45, 7) is 2.15. The highest BCUT2D eigenvalue weighted by molar-refractivity contribution is 7.99. The molecule has 2 rings (SSSR count). The van der Waals surface area contributed by atoms with Gasteiger partial charge in [0.05, 0.1) is 5.75 Å². The van der Waals surface area contributed by atoms with Crippen LogP contribution in [0.4, 0.5) is 5.69 Å². The van der Waals surface area contributed by atoms with E-state index in [4.69, 9.17) is 0 Å². The van der Waals surface area contributed by atoms with Gasteiger partial charge in [0.25, 0.3) is 0 Å². The van der Waals surface area contributed by atoms with Gasteiger partial charge in [0.1, 0.15) is 0 Å². The molecular weight excluding hydrogens is 258 g/mol. The van der Waals surface area contributed by atoms with Gasteiger partial charge in [0, 0.05) is 17.7 Å². The zero-order valence-corrected chi connectivity index (χ0v) is 12.0. The lowest BCUT2D eigenvalue weighted by atomic mass is 9.99. The van der Waals surface area contributed by atoms with Gasteiger partial charge in [-0.05, 0) is 42.4 Å². The Morgan fingerprint density at radius 1 is 1.37 bits per heavy atom. The van der Waals surface area contributed by atoms with Crippen LogP contribution in [-0.4, -0.2) is 23.2 Å². The zero-order chi connectivity index (χ0) is 13.7. The average Bonchev–Trinajstić information content (AvgIpc) is 2.42.